The van der Waals surface area contributed by atoms with Gasteiger partial charge in [0.2, 0.25) is 4.77 Å². The van der Waals surface area contributed by atoms with Crippen LogP contribution in [-0.4, -0.2) is 51.1 Å². The zero-order valence-electron chi connectivity index (χ0n) is 17.0. The van der Waals surface area contributed by atoms with Gasteiger partial charge in [0.1, 0.15) is 12.4 Å². The number of rotatable bonds is 7. The Morgan fingerprint density at radius 3 is 2.64 bits per heavy atom. The van der Waals surface area contributed by atoms with E-state index in [1.54, 1.807) is 0 Å². The molecule has 2 aromatic heterocycles. The second-order valence-electron chi connectivity index (χ2n) is 7.67. The second kappa shape index (κ2) is 7.92. The molecule has 2 aromatic rings. The lowest BCUT2D eigenvalue weighted by atomic mass is 10.2. The Bertz CT molecular complexity index is 1050. The number of sulfone groups is 1. The quantitative estimate of drug-likeness (QED) is 0.523. The summed E-state index contributed by atoms with van der Waals surface area (Å²) in [6.07, 6.45) is 2.46. The minimum Gasteiger partial charge on any atom is -0.315 e. The summed E-state index contributed by atoms with van der Waals surface area (Å²) in [7, 11) is -0.841. The van der Waals surface area contributed by atoms with Crippen molar-refractivity contribution in [2.45, 2.75) is 53.0 Å². The van der Waals surface area contributed by atoms with Crippen LogP contribution in [0.5, 0.6) is 0 Å². The first kappa shape index (κ1) is 20.9. The maximum atomic E-state index is 11.8. The summed E-state index contributed by atoms with van der Waals surface area (Å²) >= 11 is 5.54. The van der Waals surface area contributed by atoms with Gasteiger partial charge in [-0.05, 0) is 39.4 Å². The smallest absolute Gasteiger partial charge is 0.203 e. The van der Waals surface area contributed by atoms with E-state index >= 15 is 0 Å². The fourth-order valence-corrected chi connectivity index (χ4v) is 5.89. The van der Waals surface area contributed by atoms with E-state index < -0.39 is 9.84 Å². The summed E-state index contributed by atoms with van der Waals surface area (Å²) in [5, 5.41) is 9.22. The van der Waals surface area contributed by atoms with Crippen molar-refractivity contribution in [1.82, 2.24) is 24.1 Å². The van der Waals surface area contributed by atoms with Gasteiger partial charge in [-0.15, -0.1) is 6.58 Å². The van der Waals surface area contributed by atoms with Crippen LogP contribution in [0.1, 0.15) is 35.2 Å². The molecule has 2 atom stereocenters. The topological polar surface area (TPSA) is 79.2 Å². The van der Waals surface area contributed by atoms with Crippen LogP contribution < -0.4 is 4.90 Å². The highest BCUT2D eigenvalue weighted by Gasteiger charge is 2.31. The predicted octanol–water partition coefficient (Wildman–Crippen LogP) is 0.754. The number of aryl methyl sites for hydroxylation is 2. The Labute approximate surface area is 171 Å². The Morgan fingerprint density at radius 2 is 2.04 bits per heavy atom. The zero-order chi connectivity index (χ0) is 20.6. The van der Waals surface area contributed by atoms with Gasteiger partial charge in [0.15, 0.2) is 16.5 Å². The van der Waals surface area contributed by atoms with Gasteiger partial charge in [-0.1, -0.05) is 6.08 Å². The van der Waals surface area contributed by atoms with Gasteiger partial charge in [0, 0.05) is 12.2 Å². The summed E-state index contributed by atoms with van der Waals surface area (Å²) in [6, 6.07) is -0.0522. The Balaban J connectivity index is 1.76. The van der Waals surface area contributed by atoms with Gasteiger partial charge < -0.3 is 9.47 Å². The second-order valence-corrected chi connectivity index (χ2v) is 10.3. The van der Waals surface area contributed by atoms with Gasteiger partial charge >= 0.3 is 0 Å². The fourth-order valence-electron chi connectivity index (χ4n) is 3.88. The van der Waals surface area contributed by atoms with Gasteiger partial charge in [-0.3, -0.25) is 4.68 Å². The highest BCUT2D eigenvalue weighted by Crippen LogP contribution is 2.26. The highest BCUT2D eigenvalue weighted by atomic mass is 32.2. The Hall–Kier alpha value is -1.78. The molecule has 0 spiro atoms. The molecule has 0 saturated carbocycles. The zero-order valence-corrected chi connectivity index (χ0v) is 18.6. The number of allylic oxidation sites excluding steroid dienone is 1. The highest BCUT2D eigenvalue weighted by molar-refractivity contribution is 7.91. The lowest BCUT2D eigenvalue weighted by Crippen LogP contribution is -3.07. The van der Waals surface area contributed by atoms with E-state index in [1.807, 2.05) is 40.8 Å². The summed E-state index contributed by atoms with van der Waals surface area (Å²) < 4.78 is 30.1. The molecule has 1 fully saturated rings. The number of nitrogens with one attached hydrogen (secondary N) is 1. The molecule has 8 nitrogen and oxygen atoms in total. The summed E-state index contributed by atoms with van der Waals surface area (Å²) in [5.74, 6) is 1.31. The molecule has 1 saturated heterocycles. The van der Waals surface area contributed by atoms with Gasteiger partial charge in [-0.2, -0.15) is 14.9 Å². The minimum absolute atomic E-state index is 0.0522. The van der Waals surface area contributed by atoms with Gasteiger partial charge in [0.05, 0.1) is 35.9 Å². The molecule has 0 aliphatic carbocycles. The molecule has 1 N–H and O–H groups in total. The maximum Gasteiger partial charge on any atom is 0.203 e. The average Bonchev–Trinajstić information content (AvgIpc) is 3.20. The predicted molar refractivity (Wildman–Crippen MR) is 111 cm³/mol. The lowest BCUT2D eigenvalue weighted by Gasteiger charge is -2.15. The first-order valence-electron chi connectivity index (χ1n) is 9.44. The van der Waals surface area contributed by atoms with Crippen molar-refractivity contribution < 1.29 is 13.3 Å². The SMILES string of the molecule is C=CCn1c(C)nn(C[NH+](C)Cc2c(C)nn([C@@H]3CCS(=O)(=O)C3)c2C)c1=S. The molecular weight excluding hydrogens is 396 g/mol. The van der Waals surface area contributed by atoms with Crippen LogP contribution in [0.15, 0.2) is 12.7 Å². The number of hydrogen-bond acceptors (Lipinski definition) is 5. The van der Waals surface area contributed by atoms with Gasteiger partial charge in [0.25, 0.3) is 0 Å². The number of aromatic nitrogens is 5. The summed E-state index contributed by atoms with van der Waals surface area (Å²) in [4.78, 5) is 1.23. The van der Waals surface area contributed by atoms with Crippen LogP contribution in [0.25, 0.3) is 0 Å². The third kappa shape index (κ3) is 4.13. The molecule has 0 aromatic carbocycles. The van der Waals surface area contributed by atoms with E-state index in [4.69, 9.17) is 12.2 Å². The molecule has 0 bridgehead atoms. The van der Waals surface area contributed by atoms with Crippen LogP contribution in [0.4, 0.5) is 0 Å². The third-order valence-electron chi connectivity index (χ3n) is 5.35. The Kier molecular flexibility index (Phi) is 5.92. The number of nitrogens with zero attached hydrogens (tertiary/aromatic N) is 5. The van der Waals surface area contributed by atoms with E-state index in [0.717, 1.165) is 29.3 Å². The van der Waals surface area contributed by atoms with Crippen LogP contribution in [0.2, 0.25) is 0 Å². The summed E-state index contributed by atoms with van der Waals surface area (Å²) in [6.45, 7) is 11.8. The molecule has 3 heterocycles. The monoisotopic (exact) mass is 425 g/mol. The first-order valence-corrected chi connectivity index (χ1v) is 11.7. The van der Waals surface area contributed by atoms with E-state index in [1.165, 1.54) is 4.90 Å². The van der Waals surface area contributed by atoms with Crippen molar-refractivity contribution in [2.24, 2.45) is 0 Å². The van der Waals surface area contributed by atoms with Gasteiger partial charge in [-0.25, -0.2) is 8.42 Å². The van der Waals surface area contributed by atoms with E-state index in [0.29, 0.717) is 24.4 Å². The van der Waals surface area contributed by atoms with Crippen LogP contribution in [-0.2, 0) is 29.6 Å². The minimum atomic E-state index is -2.94. The standard InChI is InChI=1S/C18H28N6O2S2/c1-6-8-22-15(4)20-23(18(22)27)12-21(5)10-17-13(2)19-24(14(17)3)16-7-9-28(25,26)11-16/h6,16H,1,7-12H2,2-5H3/p+1/t16-/m1/s1. The maximum absolute atomic E-state index is 11.8. The molecule has 1 unspecified atom stereocenters. The van der Waals surface area contributed by atoms with Crippen molar-refractivity contribution in [2.75, 3.05) is 18.6 Å². The van der Waals surface area contributed by atoms with Crippen molar-refractivity contribution in [1.29, 1.82) is 0 Å². The molecule has 1 aliphatic rings. The molecular formula is C18H29N6O2S2+. The largest absolute Gasteiger partial charge is 0.315 e. The molecule has 10 heteroatoms. The van der Waals surface area contributed by atoms with Crippen LogP contribution in [0.3, 0.4) is 0 Å². The van der Waals surface area contributed by atoms with E-state index in [9.17, 15) is 8.42 Å². The molecule has 1 aliphatic heterocycles. The average molecular weight is 426 g/mol. The normalized spacial score (nSPS) is 19.8. The third-order valence-corrected chi connectivity index (χ3v) is 7.53. The van der Waals surface area contributed by atoms with Crippen molar-refractivity contribution in [3.8, 4) is 0 Å². The molecule has 0 amide bonds. The van der Waals surface area contributed by atoms with Crippen LogP contribution >= 0.6 is 12.2 Å². The summed E-state index contributed by atoms with van der Waals surface area (Å²) in [5.41, 5.74) is 3.17. The molecule has 154 valence electrons. The first-order chi connectivity index (χ1) is 13.1. The molecule has 3 rings (SSSR count). The Morgan fingerprint density at radius 1 is 1.32 bits per heavy atom. The van der Waals surface area contributed by atoms with Crippen molar-refractivity contribution in [3.63, 3.8) is 0 Å². The van der Waals surface area contributed by atoms with E-state index in [2.05, 4.69) is 23.8 Å². The number of hydrogen-bond donors (Lipinski definition) is 1. The van der Waals surface area contributed by atoms with E-state index in [-0.39, 0.29) is 17.5 Å². The molecule has 28 heavy (non-hydrogen) atoms. The number of quaternary nitrogens is 1. The lowest BCUT2D eigenvalue weighted by molar-refractivity contribution is -0.917. The van der Waals surface area contributed by atoms with Crippen LogP contribution in [0, 0.1) is 25.5 Å². The van der Waals surface area contributed by atoms with Crippen molar-refractivity contribution in [3.05, 3.63) is 40.2 Å². The fraction of sp³-hybridized carbons (Fsp3) is 0.611. The van der Waals surface area contributed by atoms with Crippen molar-refractivity contribution >= 4 is 22.1 Å². The molecule has 0 radical (unpaired) electrons.